The van der Waals surface area contributed by atoms with E-state index in [-0.39, 0.29) is 0 Å². The quantitative estimate of drug-likeness (QED) is 0.848. The van der Waals surface area contributed by atoms with Crippen molar-refractivity contribution in [2.75, 3.05) is 18.7 Å². The molecule has 5 nitrogen and oxygen atoms in total. The number of amides is 1. The number of pyridine rings is 1. The molecule has 1 aromatic heterocycles. The van der Waals surface area contributed by atoms with E-state index < -0.39 is 6.09 Å². The van der Waals surface area contributed by atoms with Crippen LogP contribution >= 0.6 is 11.8 Å². The van der Waals surface area contributed by atoms with Crippen molar-refractivity contribution in [1.29, 1.82) is 0 Å². The van der Waals surface area contributed by atoms with Crippen LogP contribution in [0.1, 0.15) is 11.1 Å². The summed E-state index contributed by atoms with van der Waals surface area (Å²) in [6.07, 6.45) is 3.27. The Morgan fingerprint density at radius 1 is 1.36 bits per heavy atom. The van der Waals surface area contributed by atoms with Crippen molar-refractivity contribution >= 4 is 23.5 Å². The van der Waals surface area contributed by atoms with Crippen molar-refractivity contribution in [1.82, 2.24) is 4.98 Å². The Labute approximate surface area is 134 Å². The Kier molecular flexibility index (Phi) is 5.66. The standard InChI is InChI=1S/C16H18N2O3S/c1-11-9-13(6-7-14(11)18-16(19)20-2)21-10-12-5-4-8-17-15(12)22-3/h4-9H,10H2,1-3H3,(H,18,19). The number of carbonyl (C=O) groups excluding carboxylic acids is 1. The fraction of sp³-hybridized carbons (Fsp3) is 0.250. The van der Waals surface area contributed by atoms with Gasteiger partial charge in [0.2, 0.25) is 0 Å². The Hall–Kier alpha value is -2.21. The summed E-state index contributed by atoms with van der Waals surface area (Å²) in [6, 6.07) is 9.38. The van der Waals surface area contributed by atoms with Crippen molar-refractivity contribution in [3.05, 3.63) is 47.7 Å². The van der Waals surface area contributed by atoms with Crippen molar-refractivity contribution in [2.45, 2.75) is 18.6 Å². The lowest BCUT2D eigenvalue weighted by Crippen LogP contribution is -2.11. The number of hydrogen-bond donors (Lipinski definition) is 1. The van der Waals surface area contributed by atoms with Crippen LogP contribution in [0, 0.1) is 6.92 Å². The van der Waals surface area contributed by atoms with E-state index in [4.69, 9.17) is 4.74 Å². The molecule has 0 aliphatic rings. The summed E-state index contributed by atoms with van der Waals surface area (Å²) in [5.74, 6) is 0.740. The molecule has 0 aliphatic carbocycles. The number of benzene rings is 1. The lowest BCUT2D eigenvalue weighted by Gasteiger charge is -2.12. The van der Waals surface area contributed by atoms with Gasteiger partial charge in [0.1, 0.15) is 17.4 Å². The molecule has 22 heavy (non-hydrogen) atoms. The van der Waals surface area contributed by atoms with Gasteiger partial charge in [0.25, 0.3) is 0 Å². The molecule has 6 heteroatoms. The van der Waals surface area contributed by atoms with Gasteiger partial charge in [-0.15, -0.1) is 11.8 Å². The summed E-state index contributed by atoms with van der Waals surface area (Å²) in [5.41, 5.74) is 2.65. The van der Waals surface area contributed by atoms with Gasteiger partial charge in [-0.3, -0.25) is 5.32 Å². The average Bonchev–Trinajstić information content (AvgIpc) is 2.55. The normalized spacial score (nSPS) is 10.1. The van der Waals surface area contributed by atoms with Gasteiger partial charge in [-0.25, -0.2) is 9.78 Å². The van der Waals surface area contributed by atoms with Crippen molar-refractivity contribution in [2.24, 2.45) is 0 Å². The zero-order valence-electron chi connectivity index (χ0n) is 12.8. The fourth-order valence-electron chi connectivity index (χ4n) is 1.91. The summed E-state index contributed by atoms with van der Waals surface area (Å²) in [6.45, 7) is 2.35. The van der Waals surface area contributed by atoms with Crippen LogP contribution in [0.3, 0.4) is 0 Å². The first kappa shape index (κ1) is 16.2. The number of aromatic nitrogens is 1. The maximum atomic E-state index is 11.2. The van der Waals surface area contributed by atoms with E-state index in [2.05, 4.69) is 15.0 Å². The number of aryl methyl sites for hydroxylation is 1. The van der Waals surface area contributed by atoms with Crippen LogP contribution in [0.2, 0.25) is 0 Å². The van der Waals surface area contributed by atoms with Crippen LogP contribution in [-0.4, -0.2) is 24.4 Å². The van der Waals surface area contributed by atoms with E-state index in [9.17, 15) is 4.79 Å². The molecule has 0 saturated carbocycles. The molecule has 1 heterocycles. The molecule has 0 fully saturated rings. The number of nitrogens with one attached hydrogen (secondary N) is 1. The molecule has 2 rings (SSSR count). The summed E-state index contributed by atoms with van der Waals surface area (Å²) >= 11 is 1.59. The third-order valence-electron chi connectivity index (χ3n) is 3.06. The van der Waals surface area contributed by atoms with E-state index >= 15 is 0 Å². The minimum absolute atomic E-state index is 0.452. The lowest BCUT2D eigenvalue weighted by molar-refractivity contribution is 0.187. The summed E-state index contributed by atoms with van der Waals surface area (Å²) in [4.78, 5) is 15.5. The highest BCUT2D eigenvalue weighted by Gasteiger charge is 2.07. The molecule has 2 aromatic rings. The van der Waals surface area contributed by atoms with E-state index in [0.717, 1.165) is 21.9 Å². The van der Waals surface area contributed by atoms with Crippen LogP contribution in [0.15, 0.2) is 41.6 Å². The van der Waals surface area contributed by atoms with E-state index in [1.807, 2.05) is 37.4 Å². The van der Waals surface area contributed by atoms with E-state index in [1.165, 1.54) is 7.11 Å². The van der Waals surface area contributed by atoms with E-state index in [0.29, 0.717) is 12.3 Å². The number of nitrogens with zero attached hydrogens (tertiary/aromatic N) is 1. The minimum atomic E-state index is -0.489. The van der Waals surface area contributed by atoms with Gasteiger partial charge in [-0.1, -0.05) is 6.07 Å². The molecule has 0 bridgehead atoms. The second kappa shape index (κ2) is 7.70. The zero-order valence-corrected chi connectivity index (χ0v) is 13.6. The number of thioether (sulfide) groups is 1. The maximum Gasteiger partial charge on any atom is 0.411 e. The number of ether oxygens (including phenoxy) is 2. The predicted octanol–water partition coefficient (Wildman–Crippen LogP) is 3.87. The fourth-order valence-corrected chi connectivity index (χ4v) is 2.46. The molecule has 0 radical (unpaired) electrons. The molecule has 0 aliphatic heterocycles. The molecular weight excluding hydrogens is 300 g/mol. The van der Waals surface area contributed by atoms with Gasteiger partial charge < -0.3 is 9.47 Å². The van der Waals surface area contributed by atoms with Gasteiger partial charge in [0.15, 0.2) is 0 Å². The molecular formula is C16H18N2O3S. The van der Waals surface area contributed by atoms with Gasteiger partial charge >= 0.3 is 6.09 Å². The Morgan fingerprint density at radius 3 is 2.86 bits per heavy atom. The molecule has 0 atom stereocenters. The van der Waals surface area contributed by atoms with Gasteiger partial charge in [-0.2, -0.15) is 0 Å². The lowest BCUT2D eigenvalue weighted by atomic mass is 10.2. The zero-order chi connectivity index (χ0) is 15.9. The molecule has 1 amide bonds. The predicted molar refractivity (Wildman–Crippen MR) is 87.6 cm³/mol. The van der Waals surface area contributed by atoms with Crippen molar-refractivity contribution in [3.8, 4) is 5.75 Å². The van der Waals surface area contributed by atoms with E-state index in [1.54, 1.807) is 24.0 Å². The van der Waals surface area contributed by atoms with Gasteiger partial charge in [0.05, 0.1) is 7.11 Å². The van der Waals surface area contributed by atoms with Gasteiger partial charge in [0, 0.05) is 17.4 Å². The number of hydrogen-bond acceptors (Lipinski definition) is 5. The van der Waals surface area contributed by atoms with Crippen LogP contribution in [0.4, 0.5) is 10.5 Å². The minimum Gasteiger partial charge on any atom is -0.489 e. The second-order valence-corrected chi connectivity index (χ2v) is 5.35. The first-order chi connectivity index (χ1) is 10.6. The molecule has 116 valence electrons. The summed E-state index contributed by atoms with van der Waals surface area (Å²) in [7, 11) is 1.33. The molecule has 0 spiro atoms. The highest BCUT2D eigenvalue weighted by molar-refractivity contribution is 7.98. The maximum absolute atomic E-state index is 11.2. The molecule has 1 N–H and O–H groups in total. The van der Waals surface area contributed by atoms with Crippen LogP contribution < -0.4 is 10.1 Å². The molecule has 1 aromatic carbocycles. The second-order valence-electron chi connectivity index (χ2n) is 4.55. The highest BCUT2D eigenvalue weighted by Crippen LogP contribution is 2.24. The first-order valence-electron chi connectivity index (χ1n) is 6.70. The third kappa shape index (κ3) is 4.14. The first-order valence-corrected chi connectivity index (χ1v) is 7.93. The highest BCUT2D eigenvalue weighted by atomic mass is 32.2. The summed E-state index contributed by atoms with van der Waals surface area (Å²) < 4.78 is 10.4. The SMILES string of the molecule is COC(=O)Nc1ccc(OCc2cccnc2SC)cc1C. The molecule has 0 saturated heterocycles. The monoisotopic (exact) mass is 318 g/mol. The average molecular weight is 318 g/mol. The Bertz CT molecular complexity index is 662. The van der Waals surface area contributed by atoms with Crippen LogP contribution in [0.5, 0.6) is 5.75 Å². The smallest absolute Gasteiger partial charge is 0.411 e. The molecule has 0 unspecified atom stereocenters. The number of carbonyl (C=O) groups is 1. The Morgan fingerprint density at radius 2 is 2.18 bits per heavy atom. The number of anilines is 1. The summed E-state index contributed by atoms with van der Waals surface area (Å²) in [5, 5.41) is 3.61. The topological polar surface area (TPSA) is 60.5 Å². The largest absolute Gasteiger partial charge is 0.489 e. The number of rotatable bonds is 5. The van der Waals surface area contributed by atoms with Crippen molar-refractivity contribution < 1.29 is 14.3 Å². The van der Waals surface area contributed by atoms with Crippen LogP contribution in [-0.2, 0) is 11.3 Å². The van der Waals surface area contributed by atoms with Gasteiger partial charge in [-0.05, 0) is 43.0 Å². The number of methoxy groups -OCH3 is 1. The third-order valence-corrected chi connectivity index (χ3v) is 3.81. The Balaban J connectivity index is 2.05. The van der Waals surface area contributed by atoms with Crippen molar-refractivity contribution in [3.63, 3.8) is 0 Å². The van der Waals surface area contributed by atoms with Crippen LogP contribution in [0.25, 0.3) is 0 Å².